The topological polar surface area (TPSA) is 33.4 Å². The first kappa shape index (κ1) is 12.5. The van der Waals surface area contributed by atoms with E-state index in [1.807, 2.05) is 12.1 Å². The summed E-state index contributed by atoms with van der Waals surface area (Å²) in [6.07, 6.45) is 3.80. The van der Waals surface area contributed by atoms with Crippen molar-refractivity contribution in [3.8, 4) is 0 Å². The molecule has 0 spiro atoms. The van der Waals surface area contributed by atoms with E-state index in [-0.39, 0.29) is 0 Å². The first-order valence-electron chi connectivity index (χ1n) is 5.28. The SMILES string of the molecule is OC(Cc1ccoc1)Cc1ccc(Cl)cc1Cl. The van der Waals surface area contributed by atoms with Gasteiger partial charge in [0.1, 0.15) is 0 Å². The Morgan fingerprint density at radius 1 is 1.18 bits per heavy atom. The smallest absolute Gasteiger partial charge is 0.0935 e. The predicted molar refractivity (Wildman–Crippen MR) is 68.6 cm³/mol. The van der Waals surface area contributed by atoms with Crippen molar-refractivity contribution in [2.75, 3.05) is 0 Å². The molecule has 1 atom stereocenters. The summed E-state index contributed by atoms with van der Waals surface area (Å²) >= 11 is 11.9. The summed E-state index contributed by atoms with van der Waals surface area (Å²) in [5.74, 6) is 0. The highest BCUT2D eigenvalue weighted by atomic mass is 35.5. The largest absolute Gasteiger partial charge is 0.472 e. The van der Waals surface area contributed by atoms with E-state index in [1.54, 1.807) is 24.7 Å². The number of aliphatic hydroxyl groups excluding tert-OH is 1. The minimum atomic E-state index is -0.480. The Hall–Kier alpha value is -0.960. The third-order valence-electron chi connectivity index (χ3n) is 2.52. The summed E-state index contributed by atoms with van der Waals surface area (Å²) in [6, 6.07) is 7.13. The van der Waals surface area contributed by atoms with E-state index in [0.29, 0.717) is 22.9 Å². The molecule has 1 N–H and O–H groups in total. The lowest BCUT2D eigenvalue weighted by atomic mass is 10.0. The third-order valence-corrected chi connectivity index (χ3v) is 3.11. The van der Waals surface area contributed by atoms with Gasteiger partial charge in [-0.2, -0.15) is 0 Å². The van der Waals surface area contributed by atoms with Crippen LogP contribution in [0, 0.1) is 0 Å². The molecule has 0 radical (unpaired) electrons. The molecule has 0 saturated carbocycles. The molecule has 0 aliphatic heterocycles. The monoisotopic (exact) mass is 270 g/mol. The molecule has 0 aliphatic rings. The van der Waals surface area contributed by atoms with E-state index in [2.05, 4.69) is 0 Å². The van der Waals surface area contributed by atoms with Crippen molar-refractivity contribution in [3.05, 3.63) is 58.0 Å². The lowest BCUT2D eigenvalue weighted by Crippen LogP contribution is -2.13. The molecule has 0 fully saturated rings. The van der Waals surface area contributed by atoms with Gasteiger partial charge >= 0.3 is 0 Å². The molecular formula is C13H12Cl2O2. The van der Waals surface area contributed by atoms with Gasteiger partial charge in [0.2, 0.25) is 0 Å². The number of aliphatic hydroxyl groups is 1. The highest BCUT2D eigenvalue weighted by Crippen LogP contribution is 2.22. The predicted octanol–water partition coefficient (Wildman–Crippen LogP) is 3.73. The van der Waals surface area contributed by atoms with Gasteiger partial charge in [0.25, 0.3) is 0 Å². The van der Waals surface area contributed by atoms with Crippen LogP contribution in [-0.4, -0.2) is 11.2 Å². The zero-order valence-electron chi connectivity index (χ0n) is 9.07. The molecular weight excluding hydrogens is 259 g/mol. The molecule has 1 aromatic carbocycles. The molecule has 0 bridgehead atoms. The van der Waals surface area contributed by atoms with Crippen molar-refractivity contribution in [3.63, 3.8) is 0 Å². The van der Waals surface area contributed by atoms with Crippen molar-refractivity contribution in [2.45, 2.75) is 18.9 Å². The first-order valence-corrected chi connectivity index (χ1v) is 6.04. The van der Waals surface area contributed by atoms with Crippen LogP contribution in [0.2, 0.25) is 10.0 Å². The summed E-state index contributed by atoms with van der Waals surface area (Å²) < 4.78 is 4.95. The Morgan fingerprint density at radius 2 is 2.00 bits per heavy atom. The average molecular weight is 271 g/mol. The van der Waals surface area contributed by atoms with Gasteiger partial charge in [-0.15, -0.1) is 0 Å². The standard InChI is InChI=1S/C13H12Cl2O2/c14-11-2-1-10(13(15)7-11)6-12(16)5-9-3-4-17-8-9/h1-4,7-8,12,16H,5-6H2. The second-order valence-corrected chi connectivity index (χ2v) is 4.77. The zero-order chi connectivity index (χ0) is 12.3. The Kier molecular flexibility index (Phi) is 4.11. The summed E-state index contributed by atoms with van der Waals surface area (Å²) in [5.41, 5.74) is 1.87. The van der Waals surface area contributed by atoms with Crippen LogP contribution < -0.4 is 0 Å². The summed E-state index contributed by atoms with van der Waals surface area (Å²) in [4.78, 5) is 0. The fourth-order valence-electron chi connectivity index (χ4n) is 1.69. The molecule has 17 heavy (non-hydrogen) atoms. The van der Waals surface area contributed by atoms with Crippen molar-refractivity contribution in [1.82, 2.24) is 0 Å². The molecule has 2 nitrogen and oxygen atoms in total. The highest BCUT2D eigenvalue weighted by molar-refractivity contribution is 6.35. The maximum absolute atomic E-state index is 9.93. The number of furan rings is 1. The van der Waals surface area contributed by atoms with Crippen LogP contribution in [0.4, 0.5) is 0 Å². The van der Waals surface area contributed by atoms with Crippen molar-refractivity contribution in [1.29, 1.82) is 0 Å². The minimum absolute atomic E-state index is 0.480. The molecule has 1 aromatic heterocycles. The van der Waals surface area contributed by atoms with Crippen molar-refractivity contribution in [2.24, 2.45) is 0 Å². The zero-order valence-corrected chi connectivity index (χ0v) is 10.6. The molecule has 4 heteroatoms. The molecule has 0 amide bonds. The fourth-order valence-corrected chi connectivity index (χ4v) is 2.18. The molecule has 2 rings (SSSR count). The summed E-state index contributed by atoms with van der Waals surface area (Å²) in [6.45, 7) is 0. The van der Waals surface area contributed by atoms with Crippen LogP contribution in [0.15, 0.2) is 41.2 Å². The second-order valence-electron chi connectivity index (χ2n) is 3.93. The molecule has 1 unspecified atom stereocenters. The Morgan fingerprint density at radius 3 is 2.65 bits per heavy atom. The van der Waals surface area contributed by atoms with Gasteiger partial charge in [0, 0.05) is 22.9 Å². The molecule has 1 heterocycles. The summed E-state index contributed by atoms with van der Waals surface area (Å²) in [5, 5.41) is 11.1. The highest BCUT2D eigenvalue weighted by Gasteiger charge is 2.10. The number of benzene rings is 1. The number of rotatable bonds is 4. The fraction of sp³-hybridized carbons (Fsp3) is 0.231. The Labute approximate surface area is 110 Å². The minimum Gasteiger partial charge on any atom is -0.472 e. The van der Waals surface area contributed by atoms with Gasteiger partial charge in [-0.3, -0.25) is 0 Å². The Bertz CT molecular complexity index is 480. The van der Waals surface area contributed by atoms with E-state index in [9.17, 15) is 5.11 Å². The van der Waals surface area contributed by atoms with Gasteiger partial charge < -0.3 is 9.52 Å². The van der Waals surface area contributed by atoms with Crippen LogP contribution in [0.5, 0.6) is 0 Å². The molecule has 90 valence electrons. The lowest BCUT2D eigenvalue weighted by molar-refractivity contribution is 0.175. The van der Waals surface area contributed by atoms with Gasteiger partial charge in [0.15, 0.2) is 0 Å². The van der Waals surface area contributed by atoms with Crippen LogP contribution in [0.25, 0.3) is 0 Å². The number of halogens is 2. The quantitative estimate of drug-likeness (QED) is 0.919. The second kappa shape index (κ2) is 5.58. The normalized spacial score (nSPS) is 12.6. The number of hydrogen-bond acceptors (Lipinski definition) is 2. The first-order chi connectivity index (χ1) is 8.15. The molecule has 0 saturated heterocycles. The van der Waals surface area contributed by atoms with Gasteiger partial charge in [-0.1, -0.05) is 29.3 Å². The van der Waals surface area contributed by atoms with E-state index in [0.717, 1.165) is 11.1 Å². The van der Waals surface area contributed by atoms with Gasteiger partial charge in [-0.05, 0) is 29.3 Å². The lowest BCUT2D eigenvalue weighted by Gasteiger charge is -2.10. The van der Waals surface area contributed by atoms with Gasteiger partial charge in [0.05, 0.1) is 18.6 Å². The third kappa shape index (κ3) is 3.50. The van der Waals surface area contributed by atoms with Crippen LogP contribution in [0.1, 0.15) is 11.1 Å². The van der Waals surface area contributed by atoms with Crippen LogP contribution in [-0.2, 0) is 12.8 Å². The summed E-state index contributed by atoms with van der Waals surface area (Å²) in [7, 11) is 0. The van der Waals surface area contributed by atoms with Crippen LogP contribution in [0.3, 0.4) is 0 Å². The maximum Gasteiger partial charge on any atom is 0.0935 e. The van der Waals surface area contributed by atoms with E-state index < -0.39 is 6.10 Å². The van der Waals surface area contributed by atoms with Crippen molar-refractivity contribution < 1.29 is 9.52 Å². The van der Waals surface area contributed by atoms with Crippen molar-refractivity contribution >= 4 is 23.2 Å². The van der Waals surface area contributed by atoms with Gasteiger partial charge in [-0.25, -0.2) is 0 Å². The molecule has 0 aliphatic carbocycles. The van der Waals surface area contributed by atoms with E-state index in [1.165, 1.54) is 0 Å². The van der Waals surface area contributed by atoms with Crippen LogP contribution >= 0.6 is 23.2 Å². The maximum atomic E-state index is 9.93. The average Bonchev–Trinajstić information content (AvgIpc) is 2.75. The Balaban J connectivity index is 2.00. The number of hydrogen-bond donors (Lipinski definition) is 1. The molecule has 2 aromatic rings. The van der Waals surface area contributed by atoms with E-state index >= 15 is 0 Å². The van der Waals surface area contributed by atoms with E-state index in [4.69, 9.17) is 27.6 Å².